The molecule has 0 spiro atoms. The lowest BCUT2D eigenvalue weighted by Gasteiger charge is -2.00. The molecular formula is C10H11N3O2. The number of hydrogen-bond donors (Lipinski definition) is 1. The molecule has 78 valence electrons. The minimum absolute atomic E-state index is 0.261. The fourth-order valence-electron chi connectivity index (χ4n) is 1.09. The average Bonchev–Trinajstić information content (AvgIpc) is 2.76. The summed E-state index contributed by atoms with van der Waals surface area (Å²) in [5, 5.41) is 3.66. The van der Waals surface area contributed by atoms with E-state index in [1.54, 1.807) is 0 Å². The molecule has 0 radical (unpaired) electrons. The summed E-state index contributed by atoms with van der Waals surface area (Å²) < 4.78 is 10.3. The summed E-state index contributed by atoms with van der Waals surface area (Å²) in [5.41, 5.74) is 5.34. The largest absolute Gasteiger partial charge is 0.484 e. The maximum absolute atomic E-state index is 5.41. The molecule has 2 N–H and O–H groups in total. The van der Waals surface area contributed by atoms with Crippen LogP contribution in [0.4, 0.5) is 0 Å². The molecule has 5 nitrogen and oxygen atoms in total. The number of benzene rings is 1. The van der Waals surface area contributed by atoms with E-state index in [2.05, 4.69) is 10.1 Å². The van der Waals surface area contributed by atoms with E-state index in [0.29, 0.717) is 11.7 Å². The van der Waals surface area contributed by atoms with Crippen molar-refractivity contribution in [3.8, 4) is 5.75 Å². The van der Waals surface area contributed by atoms with Crippen LogP contribution in [0.5, 0.6) is 5.75 Å². The number of para-hydroxylation sites is 1. The van der Waals surface area contributed by atoms with Gasteiger partial charge in [0.05, 0.1) is 6.54 Å². The molecule has 0 aliphatic rings. The molecule has 1 aromatic heterocycles. The monoisotopic (exact) mass is 205 g/mol. The van der Waals surface area contributed by atoms with Crippen molar-refractivity contribution in [2.24, 2.45) is 5.73 Å². The summed E-state index contributed by atoms with van der Waals surface area (Å²) in [6.45, 7) is 0.534. The first-order valence-electron chi connectivity index (χ1n) is 4.58. The Labute approximate surface area is 86.9 Å². The van der Waals surface area contributed by atoms with Gasteiger partial charge in [-0.05, 0) is 12.1 Å². The van der Waals surface area contributed by atoms with Crippen molar-refractivity contribution in [2.45, 2.75) is 13.2 Å². The van der Waals surface area contributed by atoms with Crippen LogP contribution in [0.15, 0.2) is 34.9 Å². The van der Waals surface area contributed by atoms with Crippen molar-refractivity contribution in [1.29, 1.82) is 0 Å². The van der Waals surface area contributed by atoms with Crippen molar-refractivity contribution >= 4 is 0 Å². The number of rotatable bonds is 4. The van der Waals surface area contributed by atoms with Gasteiger partial charge in [-0.15, -0.1) is 0 Å². The molecule has 15 heavy (non-hydrogen) atoms. The summed E-state index contributed by atoms with van der Waals surface area (Å²) in [6, 6.07) is 9.44. The lowest BCUT2D eigenvalue weighted by atomic mass is 10.3. The smallest absolute Gasteiger partial charge is 0.264 e. The van der Waals surface area contributed by atoms with Gasteiger partial charge in [0.2, 0.25) is 0 Å². The molecule has 2 aromatic rings. The highest BCUT2D eigenvalue weighted by atomic mass is 16.5. The first-order chi connectivity index (χ1) is 7.38. The van der Waals surface area contributed by atoms with E-state index in [1.807, 2.05) is 30.3 Å². The summed E-state index contributed by atoms with van der Waals surface area (Å²) >= 11 is 0. The molecule has 2 rings (SSSR count). The number of hydrogen-bond acceptors (Lipinski definition) is 5. The van der Waals surface area contributed by atoms with Gasteiger partial charge in [0.1, 0.15) is 5.75 Å². The Morgan fingerprint density at radius 2 is 2.07 bits per heavy atom. The maximum atomic E-state index is 5.41. The van der Waals surface area contributed by atoms with Crippen molar-refractivity contribution in [1.82, 2.24) is 10.1 Å². The van der Waals surface area contributed by atoms with Crippen molar-refractivity contribution in [3.05, 3.63) is 42.0 Å². The third-order valence-corrected chi connectivity index (χ3v) is 1.80. The molecule has 0 atom stereocenters. The molecule has 0 unspecified atom stereocenters. The predicted molar refractivity (Wildman–Crippen MR) is 53.0 cm³/mol. The van der Waals surface area contributed by atoms with Gasteiger partial charge in [-0.2, -0.15) is 4.98 Å². The average molecular weight is 205 g/mol. The molecule has 1 aromatic carbocycles. The Bertz CT molecular complexity index is 414. The number of nitrogens with two attached hydrogens (primary N) is 1. The van der Waals surface area contributed by atoms with Crippen LogP contribution < -0.4 is 10.5 Å². The highest BCUT2D eigenvalue weighted by molar-refractivity contribution is 5.20. The second-order valence-corrected chi connectivity index (χ2v) is 2.91. The zero-order chi connectivity index (χ0) is 10.5. The van der Waals surface area contributed by atoms with E-state index in [4.69, 9.17) is 15.0 Å². The first-order valence-corrected chi connectivity index (χ1v) is 4.58. The third kappa shape index (κ3) is 2.54. The summed E-state index contributed by atoms with van der Waals surface area (Å²) in [7, 11) is 0. The van der Waals surface area contributed by atoms with E-state index in [9.17, 15) is 0 Å². The van der Waals surface area contributed by atoms with Crippen LogP contribution in [0.2, 0.25) is 0 Å². The summed E-state index contributed by atoms with van der Waals surface area (Å²) in [5.74, 6) is 1.69. The Hall–Kier alpha value is -1.88. The molecule has 0 aliphatic carbocycles. The fraction of sp³-hybridized carbons (Fsp3) is 0.200. The quantitative estimate of drug-likeness (QED) is 0.809. The van der Waals surface area contributed by atoms with Crippen molar-refractivity contribution < 1.29 is 9.26 Å². The van der Waals surface area contributed by atoms with Crippen LogP contribution in [0.1, 0.15) is 11.7 Å². The lowest BCUT2D eigenvalue weighted by Crippen LogP contribution is -1.99. The number of aromatic nitrogens is 2. The predicted octanol–water partition coefficient (Wildman–Crippen LogP) is 1.11. The molecule has 0 saturated carbocycles. The summed E-state index contributed by atoms with van der Waals surface area (Å²) in [6.07, 6.45) is 0. The molecule has 0 saturated heterocycles. The van der Waals surface area contributed by atoms with Crippen molar-refractivity contribution in [2.75, 3.05) is 0 Å². The minimum atomic E-state index is 0.261. The van der Waals surface area contributed by atoms with Gasteiger partial charge in [0.15, 0.2) is 12.4 Å². The van der Waals surface area contributed by atoms with Gasteiger partial charge >= 0.3 is 0 Å². The zero-order valence-corrected chi connectivity index (χ0v) is 8.09. The Kier molecular flexibility index (Phi) is 2.94. The van der Waals surface area contributed by atoms with Gasteiger partial charge in [0, 0.05) is 0 Å². The molecule has 5 heteroatoms. The van der Waals surface area contributed by atoms with Crippen LogP contribution >= 0.6 is 0 Å². The Morgan fingerprint density at radius 1 is 1.27 bits per heavy atom. The van der Waals surface area contributed by atoms with Crippen LogP contribution in [0.25, 0.3) is 0 Å². The van der Waals surface area contributed by atoms with E-state index < -0.39 is 0 Å². The van der Waals surface area contributed by atoms with E-state index in [0.717, 1.165) is 5.75 Å². The van der Waals surface area contributed by atoms with Gasteiger partial charge < -0.3 is 15.0 Å². The summed E-state index contributed by atoms with van der Waals surface area (Å²) in [4.78, 5) is 4.02. The second-order valence-electron chi connectivity index (χ2n) is 2.91. The van der Waals surface area contributed by atoms with Gasteiger partial charge in [-0.3, -0.25) is 0 Å². The van der Waals surface area contributed by atoms with Crippen LogP contribution in [0.3, 0.4) is 0 Å². The fourth-order valence-corrected chi connectivity index (χ4v) is 1.09. The van der Waals surface area contributed by atoms with E-state index in [-0.39, 0.29) is 13.2 Å². The SMILES string of the molecule is NCc1noc(COc2ccccc2)n1. The van der Waals surface area contributed by atoms with Crippen LogP contribution in [-0.4, -0.2) is 10.1 Å². The second kappa shape index (κ2) is 4.56. The molecule has 0 fully saturated rings. The maximum Gasteiger partial charge on any atom is 0.264 e. The van der Waals surface area contributed by atoms with Gasteiger partial charge in [0.25, 0.3) is 5.89 Å². The van der Waals surface area contributed by atoms with Crippen LogP contribution in [-0.2, 0) is 13.2 Å². The lowest BCUT2D eigenvalue weighted by molar-refractivity contribution is 0.242. The Balaban J connectivity index is 1.93. The zero-order valence-electron chi connectivity index (χ0n) is 8.09. The number of ether oxygens (including phenoxy) is 1. The van der Waals surface area contributed by atoms with Crippen LogP contribution in [0, 0.1) is 0 Å². The Morgan fingerprint density at radius 3 is 2.73 bits per heavy atom. The highest BCUT2D eigenvalue weighted by Gasteiger charge is 2.04. The van der Waals surface area contributed by atoms with Gasteiger partial charge in [-0.1, -0.05) is 23.4 Å². The molecule has 0 aliphatic heterocycles. The topological polar surface area (TPSA) is 74.2 Å². The molecular weight excluding hydrogens is 194 g/mol. The third-order valence-electron chi connectivity index (χ3n) is 1.80. The highest BCUT2D eigenvalue weighted by Crippen LogP contribution is 2.10. The van der Waals surface area contributed by atoms with Crippen molar-refractivity contribution in [3.63, 3.8) is 0 Å². The first kappa shape index (κ1) is 9.67. The number of nitrogens with zero attached hydrogens (tertiary/aromatic N) is 2. The normalized spacial score (nSPS) is 10.2. The molecule has 0 bridgehead atoms. The van der Waals surface area contributed by atoms with Gasteiger partial charge in [-0.25, -0.2) is 0 Å². The molecule has 0 amide bonds. The minimum Gasteiger partial charge on any atom is -0.484 e. The van der Waals surface area contributed by atoms with E-state index >= 15 is 0 Å². The molecule has 1 heterocycles. The van der Waals surface area contributed by atoms with E-state index in [1.165, 1.54) is 0 Å². The standard InChI is InChI=1S/C10H11N3O2/c11-6-9-12-10(15-13-9)7-14-8-4-2-1-3-5-8/h1-5H,6-7,11H2.